The van der Waals surface area contributed by atoms with Gasteiger partial charge in [-0.3, -0.25) is 14.3 Å². The molecule has 0 radical (unpaired) electrons. The molecule has 3 rings (SSSR count). The molecule has 1 fully saturated rings. The fourth-order valence-corrected chi connectivity index (χ4v) is 3.30. The maximum absolute atomic E-state index is 12.1. The molecular formula is C16H17BrN2O5. The lowest BCUT2D eigenvalue weighted by atomic mass is 10.1. The number of hydrogen-bond donors (Lipinski definition) is 3. The molecule has 0 spiro atoms. The zero-order valence-electron chi connectivity index (χ0n) is 12.6. The number of hydrogen-bond acceptors (Lipinski definition) is 5. The molecule has 2 heterocycles. The van der Waals surface area contributed by atoms with Crippen molar-refractivity contribution >= 4 is 15.9 Å². The van der Waals surface area contributed by atoms with Crippen LogP contribution in [0.1, 0.15) is 17.4 Å². The van der Waals surface area contributed by atoms with Crippen LogP contribution in [0, 0.1) is 0 Å². The van der Waals surface area contributed by atoms with E-state index < -0.39 is 34.5 Å². The number of aromatic amines is 1. The highest BCUT2D eigenvalue weighted by molar-refractivity contribution is 9.09. The van der Waals surface area contributed by atoms with Gasteiger partial charge in [-0.15, -0.1) is 0 Å². The number of benzene rings is 1. The standard InChI is InChI=1S/C16H17BrN2O5/c17-12-11(8-20)24-15(13(12)21)19-7-10(14(22)18-16(19)23)6-9-4-2-1-3-5-9/h1-5,7,11-13,15,20-21H,6,8H2,(H,18,22,23)/t11-,12+,13-,15?/m1/s1. The second-order valence-corrected chi connectivity index (χ2v) is 6.72. The van der Waals surface area contributed by atoms with Gasteiger partial charge in [-0.25, -0.2) is 4.79 Å². The van der Waals surface area contributed by atoms with Crippen molar-refractivity contribution in [3.63, 3.8) is 0 Å². The molecule has 8 heteroatoms. The Hall–Kier alpha value is -1.74. The monoisotopic (exact) mass is 396 g/mol. The van der Waals surface area contributed by atoms with Gasteiger partial charge in [0.2, 0.25) is 0 Å². The van der Waals surface area contributed by atoms with Gasteiger partial charge in [0, 0.05) is 18.2 Å². The van der Waals surface area contributed by atoms with E-state index in [4.69, 9.17) is 4.74 Å². The van der Waals surface area contributed by atoms with Crippen molar-refractivity contribution in [1.82, 2.24) is 9.55 Å². The highest BCUT2D eigenvalue weighted by Gasteiger charge is 2.43. The summed E-state index contributed by atoms with van der Waals surface area (Å²) in [4.78, 5) is 25.9. The average Bonchev–Trinajstić information content (AvgIpc) is 2.86. The maximum Gasteiger partial charge on any atom is 0.330 e. The molecule has 1 aromatic heterocycles. The van der Waals surface area contributed by atoms with Crippen molar-refractivity contribution in [3.05, 3.63) is 68.5 Å². The second-order valence-electron chi connectivity index (χ2n) is 5.67. The molecule has 0 amide bonds. The highest BCUT2D eigenvalue weighted by Crippen LogP contribution is 2.32. The van der Waals surface area contributed by atoms with Crippen LogP contribution in [0.15, 0.2) is 46.1 Å². The number of H-pyrrole nitrogens is 1. The normalized spacial score (nSPS) is 26.6. The van der Waals surface area contributed by atoms with Gasteiger partial charge in [0.1, 0.15) is 6.10 Å². The lowest BCUT2D eigenvalue weighted by Crippen LogP contribution is -2.38. The Kier molecular flexibility index (Phi) is 5.00. The summed E-state index contributed by atoms with van der Waals surface area (Å²) in [5, 5.41) is 19.5. The number of aliphatic hydroxyl groups is 2. The molecular weight excluding hydrogens is 380 g/mol. The van der Waals surface area contributed by atoms with Crippen LogP contribution in [0.5, 0.6) is 0 Å². The van der Waals surface area contributed by atoms with Crippen molar-refractivity contribution in [2.75, 3.05) is 6.61 Å². The third-order valence-corrected chi connectivity index (χ3v) is 5.15. The van der Waals surface area contributed by atoms with Gasteiger partial charge in [-0.2, -0.15) is 0 Å². The predicted molar refractivity (Wildman–Crippen MR) is 90.3 cm³/mol. The van der Waals surface area contributed by atoms with E-state index in [1.165, 1.54) is 6.20 Å². The minimum atomic E-state index is -1.03. The lowest BCUT2D eigenvalue weighted by molar-refractivity contribution is -0.0531. The van der Waals surface area contributed by atoms with Crippen molar-refractivity contribution in [3.8, 4) is 0 Å². The van der Waals surface area contributed by atoms with Gasteiger partial charge >= 0.3 is 5.69 Å². The minimum Gasteiger partial charge on any atom is -0.394 e. The van der Waals surface area contributed by atoms with Crippen LogP contribution in [0.2, 0.25) is 0 Å². The van der Waals surface area contributed by atoms with Gasteiger partial charge in [-0.05, 0) is 5.56 Å². The maximum atomic E-state index is 12.1. The topological polar surface area (TPSA) is 105 Å². The quantitative estimate of drug-likeness (QED) is 0.637. The first kappa shape index (κ1) is 17.1. The van der Waals surface area contributed by atoms with Crippen LogP contribution in [-0.4, -0.2) is 43.4 Å². The molecule has 24 heavy (non-hydrogen) atoms. The summed E-state index contributed by atoms with van der Waals surface area (Å²) >= 11 is 3.26. The molecule has 2 aromatic rings. The summed E-state index contributed by atoms with van der Waals surface area (Å²) in [6.07, 6.45) is -0.899. The van der Waals surface area contributed by atoms with Crippen molar-refractivity contribution in [2.24, 2.45) is 0 Å². The van der Waals surface area contributed by atoms with Gasteiger partial charge < -0.3 is 14.9 Å². The zero-order chi connectivity index (χ0) is 17.3. The van der Waals surface area contributed by atoms with Crippen molar-refractivity contribution in [2.45, 2.75) is 29.7 Å². The van der Waals surface area contributed by atoms with Gasteiger partial charge in [0.15, 0.2) is 6.23 Å². The molecule has 1 aliphatic rings. The summed E-state index contributed by atoms with van der Waals surface area (Å²) in [6.45, 7) is -0.293. The van der Waals surface area contributed by atoms with Gasteiger partial charge in [-0.1, -0.05) is 46.3 Å². The highest BCUT2D eigenvalue weighted by atomic mass is 79.9. The third-order valence-electron chi connectivity index (χ3n) is 4.02. The van der Waals surface area contributed by atoms with E-state index >= 15 is 0 Å². The molecule has 7 nitrogen and oxygen atoms in total. The molecule has 1 saturated heterocycles. The van der Waals surface area contributed by atoms with Crippen molar-refractivity contribution in [1.29, 1.82) is 0 Å². The Morgan fingerprint density at radius 1 is 1.25 bits per heavy atom. The first-order valence-corrected chi connectivity index (χ1v) is 8.39. The van der Waals surface area contributed by atoms with E-state index in [0.29, 0.717) is 12.0 Å². The summed E-state index contributed by atoms with van der Waals surface area (Å²) in [5.41, 5.74) is 0.170. The van der Waals surface area contributed by atoms with E-state index in [2.05, 4.69) is 20.9 Å². The Labute approximate surface area is 145 Å². The predicted octanol–water partition coefficient (Wildman–Crippen LogP) is 0.142. The fourth-order valence-electron chi connectivity index (χ4n) is 2.74. The molecule has 0 saturated carbocycles. The van der Waals surface area contributed by atoms with E-state index in [-0.39, 0.29) is 6.61 Å². The fraction of sp³-hybridized carbons (Fsp3) is 0.375. The van der Waals surface area contributed by atoms with E-state index in [0.717, 1.165) is 10.1 Å². The smallest absolute Gasteiger partial charge is 0.330 e. The Morgan fingerprint density at radius 2 is 1.96 bits per heavy atom. The van der Waals surface area contributed by atoms with Crippen molar-refractivity contribution < 1.29 is 14.9 Å². The summed E-state index contributed by atoms with van der Waals surface area (Å²) in [7, 11) is 0. The number of alkyl halides is 1. The number of ether oxygens (including phenoxy) is 1. The summed E-state index contributed by atoms with van der Waals surface area (Å²) in [5.74, 6) is 0. The molecule has 128 valence electrons. The SMILES string of the molecule is O=c1[nH]c(=O)n(C2O[C@H](CO)[C@H](Br)[C@H]2O)cc1Cc1ccccc1. The van der Waals surface area contributed by atoms with Crippen LogP contribution in [0.3, 0.4) is 0 Å². The molecule has 1 aliphatic heterocycles. The zero-order valence-corrected chi connectivity index (χ0v) is 14.2. The number of nitrogens with one attached hydrogen (secondary N) is 1. The van der Waals surface area contributed by atoms with Gasteiger partial charge in [0.05, 0.1) is 17.5 Å². The average molecular weight is 397 g/mol. The van der Waals surface area contributed by atoms with Crippen LogP contribution < -0.4 is 11.2 Å². The number of aliphatic hydroxyl groups excluding tert-OH is 2. The number of rotatable bonds is 4. The number of aromatic nitrogens is 2. The third kappa shape index (κ3) is 3.23. The lowest BCUT2D eigenvalue weighted by Gasteiger charge is -2.18. The van der Waals surface area contributed by atoms with Crippen LogP contribution in [0.4, 0.5) is 0 Å². The van der Waals surface area contributed by atoms with Crippen LogP contribution >= 0.6 is 15.9 Å². The first-order valence-electron chi connectivity index (χ1n) is 7.48. The minimum absolute atomic E-state index is 0.293. The Balaban J connectivity index is 1.96. The second kappa shape index (κ2) is 7.02. The molecule has 1 aromatic carbocycles. The molecule has 1 unspecified atom stereocenters. The van der Waals surface area contributed by atoms with E-state index in [1.807, 2.05) is 30.3 Å². The first-order chi connectivity index (χ1) is 11.5. The number of nitrogens with zero attached hydrogens (tertiary/aromatic N) is 1. The van der Waals surface area contributed by atoms with Crippen LogP contribution in [0.25, 0.3) is 0 Å². The summed E-state index contributed by atoms with van der Waals surface area (Å²) < 4.78 is 6.70. The Morgan fingerprint density at radius 3 is 2.58 bits per heavy atom. The molecule has 4 atom stereocenters. The van der Waals surface area contributed by atoms with E-state index in [9.17, 15) is 19.8 Å². The summed E-state index contributed by atoms with van der Waals surface area (Å²) in [6, 6.07) is 9.37. The van der Waals surface area contributed by atoms with Gasteiger partial charge in [0.25, 0.3) is 5.56 Å². The van der Waals surface area contributed by atoms with Crippen LogP contribution in [-0.2, 0) is 11.2 Å². The molecule has 3 N–H and O–H groups in total. The number of halogens is 1. The molecule has 0 bridgehead atoms. The Bertz CT molecular complexity index is 819. The largest absolute Gasteiger partial charge is 0.394 e. The van der Waals surface area contributed by atoms with E-state index in [1.54, 1.807) is 0 Å². The molecule has 0 aliphatic carbocycles.